The molecule has 0 fully saturated rings. The lowest BCUT2D eigenvalue weighted by Crippen LogP contribution is -2.33. The molecule has 1 aromatic heterocycles. The number of benzene rings is 2. The van der Waals surface area contributed by atoms with E-state index in [4.69, 9.17) is 0 Å². The number of thioether (sulfide) groups is 1. The van der Waals surface area contributed by atoms with Crippen LogP contribution >= 0.6 is 11.8 Å². The molecule has 1 amide bonds. The molecule has 0 spiro atoms. The van der Waals surface area contributed by atoms with Crippen molar-refractivity contribution in [1.29, 1.82) is 0 Å². The van der Waals surface area contributed by atoms with E-state index in [1.54, 1.807) is 36.3 Å². The highest BCUT2D eigenvalue weighted by Crippen LogP contribution is 2.33. The van der Waals surface area contributed by atoms with Gasteiger partial charge in [0.2, 0.25) is 0 Å². The van der Waals surface area contributed by atoms with Crippen LogP contribution in [0.2, 0.25) is 0 Å². The Balaban J connectivity index is 1.85. The summed E-state index contributed by atoms with van der Waals surface area (Å²) >= 11 is 1.76. The number of pyridine rings is 1. The third-order valence-electron chi connectivity index (χ3n) is 4.55. The number of anilines is 1. The maximum absolute atomic E-state index is 13.3. The van der Waals surface area contributed by atoms with Crippen LogP contribution in [-0.4, -0.2) is 43.0 Å². The van der Waals surface area contributed by atoms with Gasteiger partial charge in [-0.15, -0.1) is 11.8 Å². The largest absolute Gasteiger partial charge is 0.309 e. The molecule has 0 radical (unpaired) electrons. The first kappa shape index (κ1) is 21.1. The first-order chi connectivity index (χ1) is 14.1. The van der Waals surface area contributed by atoms with Crippen LogP contribution in [-0.2, 0) is 5.75 Å². The zero-order valence-corrected chi connectivity index (χ0v) is 17.8. The minimum Gasteiger partial charge on any atom is -0.309 e. The molecule has 0 bridgehead atoms. The van der Waals surface area contributed by atoms with Gasteiger partial charge in [-0.25, -0.2) is 0 Å². The van der Waals surface area contributed by atoms with Crippen molar-refractivity contribution in [2.24, 2.45) is 0 Å². The standard InChI is InChI=1S/C24H27N3OS/c1-26(2)17-8-18-27(24(28)21-13-15-25-16-14-21)22-11-6-7-12-23(22)29-19-20-9-4-3-5-10-20/h3-7,9-16H,8,17-19H2,1-2H3. The molecule has 2 aromatic carbocycles. The van der Waals surface area contributed by atoms with E-state index in [0.29, 0.717) is 12.1 Å². The predicted molar refractivity (Wildman–Crippen MR) is 122 cm³/mol. The van der Waals surface area contributed by atoms with Gasteiger partial charge in [-0.3, -0.25) is 9.78 Å². The zero-order chi connectivity index (χ0) is 20.5. The topological polar surface area (TPSA) is 36.4 Å². The van der Waals surface area contributed by atoms with Crippen molar-refractivity contribution < 1.29 is 4.79 Å². The molecular weight excluding hydrogens is 378 g/mol. The van der Waals surface area contributed by atoms with Crippen molar-refractivity contribution >= 4 is 23.4 Å². The van der Waals surface area contributed by atoms with E-state index >= 15 is 0 Å². The van der Waals surface area contributed by atoms with E-state index in [0.717, 1.165) is 29.3 Å². The van der Waals surface area contributed by atoms with E-state index in [-0.39, 0.29) is 5.91 Å². The number of nitrogens with zero attached hydrogens (tertiary/aromatic N) is 3. The molecule has 0 unspecified atom stereocenters. The quantitative estimate of drug-likeness (QED) is 0.471. The average molecular weight is 406 g/mol. The number of carbonyl (C=O) groups excluding carboxylic acids is 1. The van der Waals surface area contributed by atoms with Gasteiger partial charge >= 0.3 is 0 Å². The average Bonchev–Trinajstić information content (AvgIpc) is 2.76. The van der Waals surface area contributed by atoms with Gasteiger partial charge in [-0.05, 0) is 56.9 Å². The molecule has 0 saturated carbocycles. The lowest BCUT2D eigenvalue weighted by atomic mass is 10.2. The molecule has 0 N–H and O–H groups in total. The lowest BCUT2D eigenvalue weighted by molar-refractivity contribution is 0.0985. The molecule has 4 nitrogen and oxygen atoms in total. The van der Waals surface area contributed by atoms with Gasteiger partial charge < -0.3 is 9.80 Å². The van der Waals surface area contributed by atoms with Gasteiger partial charge in [0.1, 0.15) is 0 Å². The Bertz CT molecular complexity index is 900. The fraction of sp³-hybridized carbons (Fsp3) is 0.250. The Labute approximate surface area is 177 Å². The fourth-order valence-electron chi connectivity index (χ4n) is 3.06. The normalized spacial score (nSPS) is 10.9. The minimum atomic E-state index is 0.0129. The molecular formula is C24H27N3OS. The second kappa shape index (κ2) is 10.8. The van der Waals surface area contributed by atoms with Crippen molar-refractivity contribution in [3.8, 4) is 0 Å². The van der Waals surface area contributed by atoms with Crippen LogP contribution in [0.15, 0.2) is 84.0 Å². The number of rotatable bonds is 9. The summed E-state index contributed by atoms with van der Waals surface area (Å²) in [4.78, 5) is 22.5. The third-order valence-corrected chi connectivity index (χ3v) is 5.69. The molecule has 0 saturated heterocycles. The summed E-state index contributed by atoms with van der Waals surface area (Å²) in [5.41, 5.74) is 2.90. The molecule has 0 atom stereocenters. The van der Waals surface area contributed by atoms with Crippen LogP contribution < -0.4 is 4.90 Å². The molecule has 3 aromatic rings. The number of carbonyl (C=O) groups is 1. The van der Waals surface area contributed by atoms with E-state index in [1.165, 1.54) is 5.56 Å². The number of hydrogen-bond acceptors (Lipinski definition) is 4. The van der Waals surface area contributed by atoms with Crippen LogP contribution in [0.1, 0.15) is 22.3 Å². The molecule has 0 aliphatic heterocycles. The van der Waals surface area contributed by atoms with Crippen molar-refractivity contribution in [3.63, 3.8) is 0 Å². The van der Waals surface area contributed by atoms with Crippen LogP contribution in [0.5, 0.6) is 0 Å². The summed E-state index contributed by atoms with van der Waals surface area (Å²) in [6.45, 7) is 1.60. The minimum absolute atomic E-state index is 0.0129. The van der Waals surface area contributed by atoms with E-state index in [1.807, 2.05) is 29.2 Å². The molecule has 29 heavy (non-hydrogen) atoms. The van der Waals surface area contributed by atoms with Crippen molar-refractivity contribution in [3.05, 3.63) is 90.3 Å². The maximum atomic E-state index is 13.3. The monoisotopic (exact) mass is 405 g/mol. The Kier molecular flexibility index (Phi) is 7.85. The lowest BCUT2D eigenvalue weighted by Gasteiger charge is -2.26. The molecule has 1 heterocycles. The summed E-state index contributed by atoms with van der Waals surface area (Å²) in [7, 11) is 4.11. The van der Waals surface area contributed by atoms with Crippen molar-refractivity contribution in [2.75, 3.05) is 32.1 Å². The molecule has 0 aliphatic carbocycles. The number of amides is 1. The van der Waals surface area contributed by atoms with E-state index < -0.39 is 0 Å². The van der Waals surface area contributed by atoms with Gasteiger partial charge in [0.25, 0.3) is 5.91 Å². The summed E-state index contributed by atoms with van der Waals surface area (Å²) in [6, 6.07) is 22.1. The second-order valence-electron chi connectivity index (χ2n) is 7.09. The summed E-state index contributed by atoms with van der Waals surface area (Å²) < 4.78 is 0. The number of aromatic nitrogens is 1. The first-order valence-electron chi connectivity index (χ1n) is 9.77. The van der Waals surface area contributed by atoms with Gasteiger partial charge in [-0.2, -0.15) is 0 Å². The predicted octanol–water partition coefficient (Wildman–Crippen LogP) is 4.97. The summed E-state index contributed by atoms with van der Waals surface area (Å²) in [6.07, 6.45) is 4.24. The van der Waals surface area contributed by atoms with Crippen LogP contribution in [0.25, 0.3) is 0 Å². The van der Waals surface area contributed by atoms with Crippen molar-refractivity contribution in [1.82, 2.24) is 9.88 Å². The Morgan fingerprint density at radius 1 is 0.897 bits per heavy atom. The fourth-order valence-corrected chi connectivity index (χ4v) is 4.08. The number of para-hydroxylation sites is 1. The highest BCUT2D eigenvalue weighted by Gasteiger charge is 2.20. The Morgan fingerprint density at radius 3 is 2.31 bits per heavy atom. The van der Waals surface area contributed by atoms with E-state index in [9.17, 15) is 4.79 Å². The van der Waals surface area contributed by atoms with Gasteiger partial charge in [-0.1, -0.05) is 42.5 Å². The van der Waals surface area contributed by atoms with Gasteiger partial charge in [0.15, 0.2) is 0 Å². The van der Waals surface area contributed by atoms with Gasteiger partial charge in [0, 0.05) is 35.2 Å². The summed E-state index contributed by atoms with van der Waals surface area (Å²) in [5, 5.41) is 0. The zero-order valence-electron chi connectivity index (χ0n) is 17.0. The SMILES string of the molecule is CN(C)CCCN(C(=O)c1ccncc1)c1ccccc1SCc1ccccc1. The molecule has 0 aliphatic rings. The van der Waals surface area contributed by atoms with Crippen LogP contribution in [0.3, 0.4) is 0 Å². The number of hydrogen-bond donors (Lipinski definition) is 0. The summed E-state index contributed by atoms with van der Waals surface area (Å²) in [5.74, 6) is 0.881. The van der Waals surface area contributed by atoms with Gasteiger partial charge in [0.05, 0.1) is 5.69 Å². The highest BCUT2D eigenvalue weighted by molar-refractivity contribution is 7.98. The van der Waals surface area contributed by atoms with Crippen molar-refractivity contribution in [2.45, 2.75) is 17.1 Å². The molecule has 3 rings (SSSR count). The first-order valence-corrected chi connectivity index (χ1v) is 10.8. The smallest absolute Gasteiger partial charge is 0.258 e. The molecule has 5 heteroatoms. The maximum Gasteiger partial charge on any atom is 0.258 e. The van der Waals surface area contributed by atoms with Crippen LogP contribution in [0, 0.1) is 0 Å². The van der Waals surface area contributed by atoms with E-state index in [2.05, 4.69) is 54.3 Å². The highest BCUT2D eigenvalue weighted by atomic mass is 32.2. The Morgan fingerprint density at radius 2 is 1.59 bits per heavy atom. The molecule has 150 valence electrons. The van der Waals surface area contributed by atoms with Crippen LogP contribution in [0.4, 0.5) is 5.69 Å². The third kappa shape index (κ3) is 6.17. The Hall–Kier alpha value is -2.63. The second-order valence-corrected chi connectivity index (χ2v) is 8.11.